The second-order valence-electron chi connectivity index (χ2n) is 5.60. The van der Waals surface area contributed by atoms with Crippen molar-refractivity contribution in [3.05, 3.63) is 23.2 Å². The van der Waals surface area contributed by atoms with Crippen LogP contribution in [0.25, 0.3) is 0 Å². The summed E-state index contributed by atoms with van der Waals surface area (Å²) in [6.45, 7) is 0.991. The molecule has 0 saturated heterocycles. The average Bonchev–Trinajstić information content (AvgIpc) is 2.81. The lowest BCUT2D eigenvalue weighted by Gasteiger charge is -2.29. The molecule has 0 saturated carbocycles. The maximum atomic E-state index is 13.4. The topological polar surface area (TPSA) is 64.0 Å². The van der Waals surface area contributed by atoms with Crippen LogP contribution in [0, 0.1) is 0 Å². The number of carbonyl (C=O) groups excluding carboxylic acids is 1. The van der Waals surface area contributed by atoms with E-state index < -0.39 is 18.1 Å². The van der Waals surface area contributed by atoms with Gasteiger partial charge in [-0.05, 0) is 12.1 Å². The van der Waals surface area contributed by atoms with Crippen LogP contribution in [0.3, 0.4) is 0 Å². The normalized spacial score (nSPS) is 19.5. The summed E-state index contributed by atoms with van der Waals surface area (Å²) in [6, 6.07) is 2.74. The summed E-state index contributed by atoms with van der Waals surface area (Å²) in [7, 11) is 3.86. The fourth-order valence-corrected chi connectivity index (χ4v) is 2.21. The number of hydrogen-bond acceptors (Lipinski definition) is 3. The van der Waals surface area contributed by atoms with E-state index in [1.807, 2.05) is 14.1 Å². The van der Waals surface area contributed by atoms with Gasteiger partial charge in [-0.2, -0.15) is 13.2 Å². The lowest BCUT2D eigenvalue weighted by Crippen LogP contribution is -3.05. The molecular weight excluding hydrogens is 351 g/mol. The molecule has 3 N–H and O–H groups in total. The number of hydrogen-bond donors (Lipinski definition) is 3. The van der Waals surface area contributed by atoms with E-state index in [9.17, 15) is 18.0 Å². The van der Waals surface area contributed by atoms with Crippen LogP contribution in [0.2, 0.25) is 5.02 Å². The van der Waals surface area contributed by atoms with E-state index >= 15 is 0 Å². The zero-order chi connectivity index (χ0) is 18.0. The first-order valence-corrected chi connectivity index (χ1v) is 7.60. The average molecular weight is 369 g/mol. The number of ether oxygens (including phenoxy) is 2. The molecular formula is C14H18ClF3N3O3+. The quantitative estimate of drug-likeness (QED) is 0.683. The largest absolute Gasteiger partial charge is 0.492 e. The van der Waals surface area contributed by atoms with Gasteiger partial charge in [-0.1, -0.05) is 11.6 Å². The molecule has 6 nitrogen and oxygen atoms in total. The summed E-state index contributed by atoms with van der Waals surface area (Å²) in [5.74, 6) is -3.64. The van der Waals surface area contributed by atoms with Crippen molar-refractivity contribution in [2.24, 2.45) is 0 Å². The zero-order valence-corrected chi connectivity index (χ0v) is 13.8. The second-order valence-corrected chi connectivity index (χ2v) is 6.04. The van der Waals surface area contributed by atoms with E-state index in [0.717, 1.165) is 6.54 Å². The molecule has 10 heteroatoms. The Hall–Kier alpha value is -1.87. The van der Waals surface area contributed by atoms with Crippen LogP contribution in [0.5, 0.6) is 11.5 Å². The number of alkyl halides is 3. The smallest absolute Gasteiger partial charge is 0.424 e. The summed E-state index contributed by atoms with van der Waals surface area (Å²) in [5.41, 5.74) is 0. The molecule has 24 heavy (non-hydrogen) atoms. The van der Waals surface area contributed by atoms with Crippen LogP contribution in [-0.2, 0) is 0 Å². The molecule has 0 unspecified atom stereocenters. The Bertz CT molecular complexity index is 613. The van der Waals surface area contributed by atoms with E-state index in [-0.39, 0.29) is 23.1 Å². The minimum atomic E-state index is -5.00. The van der Waals surface area contributed by atoms with Crippen LogP contribution in [0.4, 0.5) is 18.0 Å². The fourth-order valence-electron chi connectivity index (χ4n) is 2.05. The fraction of sp³-hybridized carbons (Fsp3) is 0.500. The molecule has 1 aliphatic rings. The van der Waals surface area contributed by atoms with Gasteiger partial charge >= 0.3 is 18.1 Å². The number of fused-ring (bicyclic) bond motifs is 1. The van der Waals surface area contributed by atoms with Crippen LogP contribution in [0.15, 0.2) is 18.2 Å². The highest BCUT2D eigenvalue weighted by molar-refractivity contribution is 6.30. The zero-order valence-electron chi connectivity index (χ0n) is 13.1. The Balaban J connectivity index is 2.04. The monoisotopic (exact) mass is 368 g/mol. The van der Waals surface area contributed by atoms with Gasteiger partial charge in [0.05, 0.1) is 20.6 Å². The van der Waals surface area contributed by atoms with Crippen molar-refractivity contribution in [3.8, 4) is 11.5 Å². The van der Waals surface area contributed by atoms with Crippen molar-refractivity contribution in [3.63, 3.8) is 0 Å². The maximum Gasteiger partial charge on any atom is 0.492 e. The highest BCUT2D eigenvalue weighted by atomic mass is 35.5. The maximum absolute atomic E-state index is 13.4. The Morgan fingerprint density at radius 1 is 1.29 bits per heavy atom. The van der Waals surface area contributed by atoms with E-state index in [1.54, 1.807) is 5.32 Å². The third-order valence-corrected chi connectivity index (χ3v) is 3.44. The molecule has 0 bridgehead atoms. The number of benzene rings is 1. The summed E-state index contributed by atoms with van der Waals surface area (Å²) in [4.78, 5) is 13.0. The van der Waals surface area contributed by atoms with Crippen LogP contribution in [0.1, 0.15) is 6.42 Å². The third-order valence-electron chi connectivity index (χ3n) is 3.20. The van der Waals surface area contributed by atoms with Crippen molar-refractivity contribution in [1.82, 2.24) is 10.6 Å². The summed E-state index contributed by atoms with van der Waals surface area (Å²) < 4.78 is 49.9. The number of halogens is 4. The molecule has 1 heterocycles. The van der Waals surface area contributed by atoms with E-state index in [2.05, 4.69) is 5.32 Å². The molecule has 0 spiro atoms. The van der Waals surface area contributed by atoms with Gasteiger partial charge in [-0.3, -0.25) is 5.32 Å². The minimum absolute atomic E-state index is 0.159. The molecule has 134 valence electrons. The first kappa shape index (κ1) is 18.5. The van der Waals surface area contributed by atoms with Gasteiger partial charge in [0.15, 0.2) is 11.5 Å². The number of urea groups is 1. The predicted octanol–water partition coefficient (Wildman–Crippen LogP) is 1.16. The molecule has 0 fully saturated rings. The van der Waals surface area contributed by atoms with Gasteiger partial charge in [-0.15, -0.1) is 0 Å². The van der Waals surface area contributed by atoms with Crippen molar-refractivity contribution >= 4 is 17.6 Å². The third kappa shape index (κ3) is 4.15. The van der Waals surface area contributed by atoms with E-state index in [1.165, 1.54) is 23.1 Å². The first-order valence-electron chi connectivity index (χ1n) is 7.22. The highest BCUT2D eigenvalue weighted by Gasteiger charge is 2.65. The Morgan fingerprint density at radius 2 is 1.96 bits per heavy atom. The Labute approximate surface area is 141 Å². The van der Waals surface area contributed by atoms with Gasteiger partial charge in [0.2, 0.25) is 0 Å². The SMILES string of the molecule is C[NH+](C)CCCNC(=O)N[C@]1(C(F)(F)F)Oc2ccc(Cl)cc2O1. The van der Waals surface area contributed by atoms with Gasteiger partial charge in [-0.25, -0.2) is 4.79 Å². The van der Waals surface area contributed by atoms with Crippen molar-refractivity contribution < 1.29 is 32.3 Å². The van der Waals surface area contributed by atoms with Gasteiger partial charge in [0, 0.05) is 24.1 Å². The van der Waals surface area contributed by atoms with Gasteiger partial charge in [0.1, 0.15) is 0 Å². The number of carbonyl (C=O) groups is 1. The van der Waals surface area contributed by atoms with Gasteiger partial charge in [0.25, 0.3) is 0 Å². The van der Waals surface area contributed by atoms with Crippen LogP contribution in [-0.4, -0.2) is 45.3 Å². The molecule has 1 aliphatic heterocycles. The van der Waals surface area contributed by atoms with Crippen LogP contribution >= 0.6 is 11.6 Å². The van der Waals surface area contributed by atoms with Crippen LogP contribution < -0.4 is 25.0 Å². The highest BCUT2D eigenvalue weighted by Crippen LogP contribution is 2.45. The van der Waals surface area contributed by atoms with Crippen molar-refractivity contribution in [1.29, 1.82) is 0 Å². The summed E-state index contributed by atoms with van der Waals surface area (Å²) >= 11 is 5.73. The Kier molecular flexibility index (Phi) is 5.34. The summed E-state index contributed by atoms with van der Waals surface area (Å²) in [6.07, 6.45) is -4.38. The lowest BCUT2D eigenvalue weighted by atomic mass is 10.3. The number of amides is 2. The van der Waals surface area contributed by atoms with E-state index in [0.29, 0.717) is 6.42 Å². The van der Waals surface area contributed by atoms with E-state index in [4.69, 9.17) is 21.1 Å². The Morgan fingerprint density at radius 3 is 2.58 bits per heavy atom. The molecule has 1 atom stereocenters. The predicted molar refractivity (Wildman–Crippen MR) is 80.3 cm³/mol. The summed E-state index contributed by atoms with van der Waals surface area (Å²) in [5, 5.41) is 4.25. The number of rotatable bonds is 5. The first-order chi connectivity index (χ1) is 11.1. The lowest BCUT2D eigenvalue weighted by molar-refractivity contribution is -0.858. The molecule has 0 aliphatic carbocycles. The number of quaternary nitrogens is 1. The molecule has 2 amide bonds. The van der Waals surface area contributed by atoms with Crippen molar-refractivity contribution in [2.45, 2.75) is 18.5 Å². The minimum Gasteiger partial charge on any atom is -0.424 e. The molecule has 2 rings (SSSR count). The van der Waals surface area contributed by atoms with Gasteiger partial charge < -0.3 is 19.7 Å². The molecule has 1 aromatic carbocycles. The second kappa shape index (κ2) is 6.94. The number of nitrogens with one attached hydrogen (secondary N) is 3. The molecule has 1 aromatic rings. The van der Waals surface area contributed by atoms with Crippen molar-refractivity contribution in [2.75, 3.05) is 27.2 Å². The standard InChI is InChI=1S/C14H17ClF3N3O3/c1-21(2)7-3-6-19-12(22)20-14(13(16,17)18)23-10-5-4-9(15)8-11(10)24-14/h4-5,8H,3,6-7H2,1-2H3,(H2,19,20,22)/p+1/t14-/m1/s1. The molecule has 0 aromatic heterocycles. The molecule has 0 radical (unpaired) electrons.